The lowest BCUT2D eigenvalue weighted by Crippen LogP contribution is -2.27. The van der Waals surface area contributed by atoms with Gasteiger partial charge in [-0.25, -0.2) is 0 Å². The number of anilines is 3. The van der Waals surface area contributed by atoms with Gasteiger partial charge in [-0.15, -0.1) is 0 Å². The van der Waals surface area contributed by atoms with Crippen LogP contribution in [0.1, 0.15) is 0 Å². The van der Waals surface area contributed by atoms with E-state index >= 15 is 0 Å². The van der Waals surface area contributed by atoms with Crippen molar-refractivity contribution < 1.29 is 9.84 Å². The number of aromatic amines is 1. The molecule has 0 aliphatic carbocycles. The molecule has 88 valence electrons. The van der Waals surface area contributed by atoms with Crippen molar-refractivity contribution in [3.8, 4) is 0 Å². The monoisotopic (exact) mass is 227 g/mol. The number of aromatic nitrogens is 2. The van der Waals surface area contributed by atoms with Crippen LogP contribution < -0.4 is 21.5 Å². The topological polar surface area (TPSA) is 116 Å². The Morgan fingerprint density at radius 1 is 1.62 bits per heavy atom. The predicted molar refractivity (Wildman–Crippen MR) is 58.1 cm³/mol. The summed E-state index contributed by atoms with van der Waals surface area (Å²) in [5, 5.41) is 11.5. The minimum absolute atomic E-state index is 0.0426. The maximum Gasteiger partial charge on any atom is 0.277 e. The normalized spacial score (nSPS) is 13.7. The quantitative estimate of drug-likeness (QED) is 0.463. The van der Waals surface area contributed by atoms with Crippen LogP contribution in [0.5, 0.6) is 0 Å². The first-order valence-electron chi connectivity index (χ1n) is 4.79. The van der Waals surface area contributed by atoms with Gasteiger partial charge in [0.25, 0.3) is 5.56 Å². The molecule has 0 unspecified atom stereocenters. The zero-order valence-corrected chi connectivity index (χ0v) is 8.56. The van der Waals surface area contributed by atoms with Crippen LogP contribution in [0.2, 0.25) is 0 Å². The van der Waals surface area contributed by atoms with Gasteiger partial charge >= 0.3 is 0 Å². The Hall–Kier alpha value is -1.80. The van der Waals surface area contributed by atoms with Crippen molar-refractivity contribution in [1.29, 1.82) is 0 Å². The Morgan fingerprint density at radius 3 is 3.19 bits per heavy atom. The molecule has 5 N–H and O–H groups in total. The van der Waals surface area contributed by atoms with E-state index in [0.29, 0.717) is 18.2 Å². The molecule has 1 aromatic rings. The number of H-pyrrole nitrogens is 1. The molecule has 0 aromatic carbocycles. The Labute approximate surface area is 91.0 Å². The summed E-state index contributed by atoms with van der Waals surface area (Å²) in [7, 11) is 0. The molecule has 8 heteroatoms. The van der Waals surface area contributed by atoms with Gasteiger partial charge < -0.3 is 25.8 Å². The number of nitrogens with zero attached hydrogens (tertiary/aromatic N) is 2. The number of fused-ring (bicyclic) bond motifs is 1. The third-order valence-corrected chi connectivity index (χ3v) is 2.15. The summed E-state index contributed by atoms with van der Waals surface area (Å²) < 4.78 is 5.15. The Morgan fingerprint density at radius 2 is 2.44 bits per heavy atom. The predicted octanol–water partition coefficient (Wildman–Crippen LogP) is -1.49. The minimum atomic E-state index is -0.299. The average molecular weight is 227 g/mol. The zero-order chi connectivity index (χ0) is 11.5. The number of nitrogen functional groups attached to an aromatic ring is 1. The molecule has 16 heavy (non-hydrogen) atoms. The molecule has 8 nitrogen and oxygen atoms in total. The van der Waals surface area contributed by atoms with E-state index in [1.165, 1.54) is 0 Å². The van der Waals surface area contributed by atoms with E-state index in [0.717, 1.165) is 0 Å². The van der Waals surface area contributed by atoms with Crippen LogP contribution in [0.15, 0.2) is 4.79 Å². The number of aliphatic hydroxyl groups is 1. The molecule has 0 radical (unpaired) electrons. The van der Waals surface area contributed by atoms with Crippen LogP contribution in [-0.2, 0) is 4.74 Å². The van der Waals surface area contributed by atoms with E-state index in [4.69, 9.17) is 15.6 Å². The Bertz CT molecular complexity index is 432. The van der Waals surface area contributed by atoms with Gasteiger partial charge in [0.05, 0.1) is 19.9 Å². The fourth-order valence-corrected chi connectivity index (χ4v) is 1.46. The fraction of sp³-hybridized carbons (Fsp3) is 0.500. The molecule has 0 amide bonds. The highest BCUT2D eigenvalue weighted by Crippen LogP contribution is 2.24. The van der Waals surface area contributed by atoms with Crippen molar-refractivity contribution in [2.24, 2.45) is 0 Å². The summed E-state index contributed by atoms with van der Waals surface area (Å²) in [5.41, 5.74) is 5.54. The summed E-state index contributed by atoms with van der Waals surface area (Å²) in [4.78, 5) is 19.6. The van der Waals surface area contributed by atoms with E-state index in [9.17, 15) is 4.79 Å². The second-order valence-electron chi connectivity index (χ2n) is 3.29. The fourth-order valence-electron chi connectivity index (χ4n) is 1.46. The highest BCUT2D eigenvalue weighted by molar-refractivity contribution is 5.70. The smallest absolute Gasteiger partial charge is 0.277 e. The summed E-state index contributed by atoms with van der Waals surface area (Å²) >= 11 is 0. The SMILES string of the molecule is Nc1nc2c(c(=O)[nH]1)NCN2COCCO. The van der Waals surface area contributed by atoms with Crippen molar-refractivity contribution in [3.05, 3.63) is 10.4 Å². The number of hydrogen-bond donors (Lipinski definition) is 4. The third kappa shape index (κ3) is 1.92. The zero-order valence-electron chi connectivity index (χ0n) is 8.56. The maximum absolute atomic E-state index is 11.5. The van der Waals surface area contributed by atoms with Crippen LogP contribution in [0.25, 0.3) is 0 Å². The van der Waals surface area contributed by atoms with Crippen molar-refractivity contribution >= 4 is 17.5 Å². The molecule has 1 aromatic heterocycles. The molecule has 1 aliphatic heterocycles. The van der Waals surface area contributed by atoms with E-state index in [1.54, 1.807) is 4.90 Å². The summed E-state index contributed by atoms with van der Waals surface area (Å²) in [5.74, 6) is 0.541. The molecule has 0 saturated carbocycles. The molecule has 0 atom stereocenters. The number of ether oxygens (including phenoxy) is 1. The lowest BCUT2D eigenvalue weighted by atomic mass is 10.5. The largest absolute Gasteiger partial charge is 0.394 e. The van der Waals surface area contributed by atoms with E-state index in [-0.39, 0.29) is 31.5 Å². The first-order valence-corrected chi connectivity index (χ1v) is 4.79. The van der Waals surface area contributed by atoms with Crippen LogP contribution >= 0.6 is 0 Å². The number of nitrogens with one attached hydrogen (secondary N) is 2. The van der Waals surface area contributed by atoms with Crippen LogP contribution in [0.3, 0.4) is 0 Å². The van der Waals surface area contributed by atoms with Gasteiger partial charge in [-0.05, 0) is 0 Å². The van der Waals surface area contributed by atoms with Crippen molar-refractivity contribution in [2.45, 2.75) is 0 Å². The van der Waals surface area contributed by atoms with Gasteiger partial charge in [-0.3, -0.25) is 9.78 Å². The number of nitrogens with two attached hydrogens (primary N) is 1. The van der Waals surface area contributed by atoms with Gasteiger partial charge in [-0.2, -0.15) is 4.98 Å². The third-order valence-electron chi connectivity index (χ3n) is 2.15. The summed E-state index contributed by atoms with van der Waals surface area (Å²) in [6.07, 6.45) is 0. The number of rotatable bonds is 4. The van der Waals surface area contributed by atoms with E-state index < -0.39 is 0 Å². The highest BCUT2D eigenvalue weighted by Gasteiger charge is 2.23. The number of aliphatic hydroxyl groups excluding tert-OH is 1. The average Bonchev–Trinajstić information content (AvgIpc) is 2.62. The van der Waals surface area contributed by atoms with Crippen molar-refractivity contribution in [1.82, 2.24) is 9.97 Å². The highest BCUT2D eigenvalue weighted by atomic mass is 16.5. The first kappa shape index (κ1) is 10.7. The van der Waals surface area contributed by atoms with Crippen LogP contribution in [0.4, 0.5) is 17.5 Å². The Balaban J connectivity index is 2.16. The van der Waals surface area contributed by atoms with Crippen LogP contribution in [-0.4, -0.2) is 41.7 Å². The molecule has 1 aliphatic rings. The molecule has 0 bridgehead atoms. The molecule has 2 heterocycles. The van der Waals surface area contributed by atoms with Crippen LogP contribution in [0, 0.1) is 0 Å². The lowest BCUT2D eigenvalue weighted by molar-refractivity contribution is 0.0934. The molecular weight excluding hydrogens is 214 g/mol. The summed E-state index contributed by atoms with van der Waals surface area (Å²) in [6.45, 7) is 0.875. The first-order chi connectivity index (χ1) is 7.72. The Kier molecular flexibility index (Phi) is 2.93. The molecule has 0 fully saturated rings. The van der Waals surface area contributed by atoms with Gasteiger partial charge in [0.15, 0.2) is 5.82 Å². The van der Waals surface area contributed by atoms with E-state index in [1.807, 2.05) is 0 Å². The molecule has 0 saturated heterocycles. The lowest BCUT2D eigenvalue weighted by Gasteiger charge is -2.16. The molecular formula is C8H13N5O3. The maximum atomic E-state index is 11.5. The second kappa shape index (κ2) is 4.37. The summed E-state index contributed by atoms with van der Waals surface area (Å²) in [6, 6.07) is 0. The van der Waals surface area contributed by atoms with Crippen molar-refractivity contribution in [3.63, 3.8) is 0 Å². The second-order valence-corrected chi connectivity index (χ2v) is 3.29. The standard InChI is InChI=1S/C8H13N5O3/c9-8-11-6-5(7(15)12-8)10-3-13(6)4-16-2-1-14/h10,14H,1-4H2,(H3,9,11,12,15). The number of hydrogen-bond acceptors (Lipinski definition) is 7. The van der Waals surface area contributed by atoms with Gasteiger partial charge in [0, 0.05) is 0 Å². The van der Waals surface area contributed by atoms with Gasteiger partial charge in [-0.1, -0.05) is 0 Å². The molecule has 2 rings (SSSR count). The van der Waals surface area contributed by atoms with Crippen molar-refractivity contribution in [2.75, 3.05) is 42.6 Å². The van der Waals surface area contributed by atoms with E-state index in [2.05, 4.69) is 15.3 Å². The van der Waals surface area contributed by atoms with Gasteiger partial charge in [0.2, 0.25) is 5.95 Å². The van der Waals surface area contributed by atoms with Gasteiger partial charge in [0.1, 0.15) is 12.4 Å². The minimum Gasteiger partial charge on any atom is -0.394 e. The molecule has 0 spiro atoms.